The number of halogens is 1. The molecule has 1 fully saturated rings. The van der Waals surface area contributed by atoms with Crippen molar-refractivity contribution in [1.82, 2.24) is 9.36 Å². The predicted octanol–water partition coefficient (Wildman–Crippen LogP) is 1.70. The fourth-order valence-electron chi connectivity index (χ4n) is 1.54. The summed E-state index contributed by atoms with van der Waals surface area (Å²) in [5, 5.41) is 1.94. The molecule has 0 aliphatic carbocycles. The molecule has 2 rings (SSSR count). The first-order valence-electron chi connectivity index (χ1n) is 5.08. The third-order valence-corrected chi connectivity index (χ3v) is 3.96. The number of ether oxygens (including phenoxy) is 1. The zero-order chi connectivity index (χ0) is 10.7. The lowest BCUT2D eigenvalue weighted by molar-refractivity contribution is 0.100. The fraction of sp³-hybridized carbons (Fsp3) is 0.778. The topological polar surface area (TPSA) is 38.2 Å². The van der Waals surface area contributed by atoms with Crippen LogP contribution in [0.25, 0.3) is 0 Å². The van der Waals surface area contributed by atoms with Crippen LogP contribution in [0.15, 0.2) is 0 Å². The van der Waals surface area contributed by atoms with E-state index in [1.165, 1.54) is 11.5 Å². The van der Waals surface area contributed by atoms with Crippen molar-refractivity contribution in [3.8, 4) is 0 Å². The van der Waals surface area contributed by atoms with Crippen molar-refractivity contribution in [1.29, 1.82) is 0 Å². The zero-order valence-corrected chi connectivity index (χ0v) is 11.1. The van der Waals surface area contributed by atoms with E-state index in [-0.39, 0.29) is 0 Å². The van der Waals surface area contributed by atoms with E-state index in [0.29, 0.717) is 6.04 Å². The molecule has 1 aromatic rings. The number of hydrogen-bond acceptors (Lipinski definition) is 5. The summed E-state index contributed by atoms with van der Waals surface area (Å²) < 4.78 is 9.75. The Morgan fingerprint density at radius 1 is 1.67 bits per heavy atom. The third-order valence-electron chi connectivity index (χ3n) is 2.42. The first kappa shape index (κ1) is 11.3. The minimum Gasteiger partial charge on any atom is -0.377 e. The second-order valence-electron chi connectivity index (χ2n) is 3.42. The summed E-state index contributed by atoms with van der Waals surface area (Å²) in [7, 11) is 0. The zero-order valence-electron chi connectivity index (χ0n) is 8.65. The van der Waals surface area contributed by atoms with E-state index < -0.39 is 0 Å². The number of aromatic nitrogens is 2. The summed E-state index contributed by atoms with van der Waals surface area (Å²) in [5.74, 6) is 0.940. The van der Waals surface area contributed by atoms with E-state index in [2.05, 4.69) is 37.1 Å². The lowest BCUT2D eigenvalue weighted by Gasteiger charge is -2.33. The Hall–Kier alpha value is -0.200. The third kappa shape index (κ3) is 2.49. The van der Waals surface area contributed by atoms with Crippen LogP contribution < -0.4 is 4.90 Å². The van der Waals surface area contributed by atoms with Crippen LogP contribution >= 0.6 is 27.5 Å². The first-order valence-corrected chi connectivity index (χ1v) is 6.97. The molecular weight excluding hydrogens is 278 g/mol. The first-order chi connectivity index (χ1) is 7.35. The molecule has 1 aliphatic heterocycles. The van der Waals surface area contributed by atoms with Crippen molar-refractivity contribution in [2.75, 3.05) is 30.0 Å². The molecule has 1 unspecified atom stereocenters. The molecule has 1 saturated heterocycles. The highest BCUT2D eigenvalue weighted by Gasteiger charge is 2.24. The number of morpholine rings is 1. The lowest BCUT2D eigenvalue weighted by atomic mass is 10.3. The molecule has 1 atom stereocenters. The molecule has 0 N–H and O–H groups in total. The van der Waals surface area contributed by atoms with Crippen LogP contribution in [0.4, 0.5) is 5.13 Å². The van der Waals surface area contributed by atoms with Crippen LogP contribution in [0.2, 0.25) is 0 Å². The van der Waals surface area contributed by atoms with Gasteiger partial charge in [0.1, 0.15) is 5.82 Å². The van der Waals surface area contributed by atoms with Gasteiger partial charge in [0.25, 0.3) is 0 Å². The normalized spacial score (nSPS) is 22.0. The maximum Gasteiger partial charge on any atom is 0.205 e. The van der Waals surface area contributed by atoms with Gasteiger partial charge in [0.05, 0.1) is 19.3 Å². The molecule has 0 saturated carbocycles. The van der Waals surface area contributed by atoms with Gasteiger partial charge in [-0.3, -0.25) is 0 Å². The summed E-state index contributed by atoms with van der Waals surface area (Å²) in [6, 6.07) is 0.386. The second kappa shape index (κ2) is 5.23. The van der Waals surface area contributed by atoms with Crippen LogP contribution in [0.3, 0.4) is 0 Å². The Balaban J connectivity index is 2.12. The van der Waals surface area contributed by atoms with Gasteiger partial charge in [0.2, 0.25) is 5.13 Å². The van der Waals surface area contributed by atoms with Crippen LogP contribution in [0.1, 0.15) is 12.7 Å². The summed E-state index contributed by atoms with van der Waals surface area (Å²) in [4.78, 5) is 6.79. The van der Waals surface area contributed by atoms with Crippen LogP contribution in [0, 0.1) is 0 Å². The van der Waals surface area contributed by atoms with Crippen LogP contribution in [-0.2, 0) is 11.2 Å². The Morgan fingerprint density at radius 2 is 2.53 bits per heavy atom. The average molecular weight is 292 g/mol. The molecule has 0 bridgehead atoms. The summed E-state index contributed by atoms with van der Waals surface area (Å²) in [5.41, 5.74) is 0. The smallest absolute Gasteiger partial charge is 0.205 e. The number of nitrogens with zero attached hydrogens (tertiary/aromatic N) is 3. The summed E-state index contributed by atoms with van der Waals surface area (Å²) in [6.07, 6.45) is 0.903. The maximum atomic E-state index is 5.44. The molecular formula is C9H14BrN3OS. The van der Waals surface area contributed by atoms with E-state index in [9.17, 15) is 0 Å². The molecule has 4 nitrogen and oxygen atoms in total. The van der Waals surface area contributed by atoms with Gasteiger partial charge in [-0.15, -0.1) is 0 Å². The standard InChI is InChI=1S/C9H14BrN3OS/c1-2-8-11-9(15-12-8)13-3-4-14-6-7(13)5-10/h7H,2-6H2,1H3. The van der Waals surface area contributed by atoms with Crippen LogP contribution in [0.5, 0.6) is 0 Å². The summed E-state index contributed by atoms with van der Waals surface area (Å²) >= 11 is 5.00. The van der Waals surface area contributed by atoms with Gasteiger partial charge < -0.3 is 9.64 Å². The SMILES string of the molecule is CCc1nsc(N2CCOCC2CBr)n1. The van der Waals surface area contributed by atoms with Gasteiger partial charge in [-0.1, -0.05) is 22.9 Å². The van der Waals surface area contributed by atoms with E-state index in [4.69, 9.17) is 4.74 Å². The lowest BCUT2D eigenvalue weighted by Crippen LogP contribution is -2.46. The van der Waals surface area contributed by atoms with Crippen molar-refractivity contribution < 1.29 is 4.74 Å². The highest BCUT2D eigenvalue weighted by atomic mass is 79.9. The molecule has 0 radical (unpaired) electrons. The minimum atomic E-state index is 0.386. The molecule has 15 heavy (non-hydrogen) atoms. The second-order valence-corrected chi connectivity index (χ2v) is 4.80. The van der Waals surface area contributed by atoms with E-state index in [0.717, 1.165) is 42.5 Å². The van der Waals surface area contributed by atoms with Crippen molar-refractivity contribution in [3.63, 3.8) is 0 Å². The van der Waals surface area contributed by atoms with Gasteiger partial charge >= 0.3 is 0 Å². The molecule has 84 valence electrons. The maximum absolute atomic E-state index is 5.44. The molecule has 1 aromatic heterocycles. The predicted molar refractivity (Wildman–Crippen MR) is 65.0 cm³/mol. The van der Waals surface area contributed by atoms with Crippen LogP contribution in [-0.4, -0.2) is 40.5 Å². The van der Waals surface area contributed by atoms with Gasteiger partial charge in [-0.25, -0.2) is 4.98 Å². The Bertz CT molecular complexity index is 320. The van der Waals surface area contributed by atoms with Gasteiger partial charge in [0.15, 0.2) is 0 Å². The number of hydrogen-bond donors (Lipinski definition) is 0. The summed E-state index contributed by atoms with van der Waals surface area (Å²) in [6.45, 7) is 4.54. The van der Waals surface area contributed by atoms with Gasteiger partial charge in [-0.2, -0.15) is 4.37 Å². The highest BCUT2D eigenvalue weighted by molar-refractivity contribution is 9.09. The highest BCUT2D eigenvalue weighted by Crippen LogP contribution is 2.22. The van der Waals surface area contributed by atoms with Gasteiger partial charge in [0, 0.05) is 29.8 Å². The number of anilines is 1. The van der Waals surface area contributed by atoms with Gasteiger partial charge in [-0.05, 0) is 0 Å². The number of aryl methyl sites for hydroxylation is 1. The van der Waals surface area contributed by atoms with Crippen molar-refractivity contribution in [2.45, 2.75) is 19.4 Å². The number of alkyl halides is 1. The largest absolute Gasteiger partial charge is 0.377 e. The molecule has 1 aliphatic rings. The molecule has 6 heteroatoms. The fourth-order valence-corrected chi connectivity index (χ4v) is 2.92. The Morgan fingerprint density at radius 3 is 3.20 bits per heavy atom. The van der Waals surface area contributed by atoms with E-state index in [1.54, 1.807) is 0 Å². The Kier molecular flexibility index (Phi) is 3.93. The molecule has 0 spiro atoms. The minimum absolute atomic E-state index is 0.386. The monoisotopic (exact) mass is 291 g/mol. The average Bonchev–Trinajstić information content (AvgIpc) is 2.77. The quantitative estimate of drug-likeness (QED) is 0.795. The molecule has 2 heterocycles. The van der Waals surface area contributed by atoms with Crippen molar-refractivity contribution >= 4 is 32.6 Å². The van der Waals surface area contributed by atoms with E-state index >= 15 is 0 Å². The molecule has 0 aromatic carbocycles. The van der Waals surface area contributed by atoms with Crippen molar-refractivity contribution in [2.24, 2.45) is 0 Å². The number of rotatable bonds is 3. The van der Waals surface area contributed by atoms with E-state index in [1.807, 2.05) is 0 Å². The van der Waals surface area contributed by atoms with Crippen molar-refractivity contribution in [3.05, 3.63) is 5.82 Å². The molecule has 0 amide bonds. The Labute approximate surface area is 102 Å².